The van der Waals surface area contributed by atoms with Crippen molar-refractivity contribution in [2.45, 2.75) is 38.0 Å². The van der Waals surface area contributed by atoms with E-state index in [9.17, 15) is 9.59 Å². The molecule has 2 atom stereocenters. The number of hydrogen-bond acceptors (Lipinski definition) is 3. The van der Waals surface area contributed by atoms with Crippen molar-refractivity contribution in [2.24, 2.45) is 0 Å². The number of rotatable bonds is 4. The van der Waals surface area contributed by atoms with Gasteiger partial charge >= 0.3 is 5.97 Å². The molecule has 4 nitrogen and oxygen atoms in total. The predicted molar refractivity (Wildman–Crippen MR) is 52.9 cm³/mol. The van der Waals surface area contributed by atoms with E-state index in [4.69, 9.17) is 5.11 Å². The van der Waals surface area contributed by atoms with Gasteiger partial charge in [0.2, 0.25) is 5.91 Å². The first-order chi connectivity index (χ1) is 5.81. The van der Waals surface area contributed by atoms with Gasteiger partial charge in [0.25, 0.3) is 0 Å². The van der Waals surface area contributed by atoms with Crippen LogP contribution in [-0.4, -0.2) is 27.8 Å². The Kier molecular flexibility index (Phi) is 4.26. The summed E-state index contributed by atoms with van der Waals surface area (Å²) in [6.45, 7) is 4.80. The zero-order valence-electron chi connectivity index (χ0n) is 8.00. The summed E-state index contributed by atoms with van der Waals surface area (Å²) in [5, 5.41) is 11.2. The first kappa shape index (κ1) is 12.3. The van der Waals surface area contributed by atoms with Gasteiger partial charge in [0.1, 0.15) is 6.04 Å². The number of carboxylic acids is 1. The first-order valence-corrected chi connectivity index (χ1v) is 4.48. The highest BCUT2D eigenvalue weighted by Gasteiger charge is 2.35. The third-order valence-electron chi connectivity index (χ3n) is 1.93. The van der Waals surface area contributed by atoms with Gasteiger partial charge in [-0.3, -0.25) is 4.79 Å². The monoisotopic (exact) mass is 205 g/mol. The van der Waals surface area contributed by atoms with Gasteiger partial charge in [0.15, 0.2) is 0 Å². The molecule has 0 fully saturated rings. The summed E-state index contributed by atoms with van der Waals surface area (Å²) in [4.78, 5) is 21.5. The molecule has 5 heteroatoms. The minimum atomic E-state index is -1.06. The molecule has 1 amide bonds. The SMILES string of the molecule is CCC(C)(S)[C@H](NC(C)=O)C(=O)O. The van der Waals surface area contributed by atoms with Gasteiger partial charge < -0.3 is 10.4 Å². The van der Waals surface area contributed by atoms with Crippen molar-refractivity contribution in [1.29, 1.82) is 0 Å². The van der Waals surface area contributed by atoms with Crippen LogP contribution in [0, 0.1) is 0 Å². The molecule has 0 aromatic carbocycles. The second-order valence-electron chi connectivity index (χ2n) is 3.18. The van der Waals surface area contributed by atoms with Crippen LogP contribution in [0.3, 0.4) is 0 Å². The summed E-state index contributed by atoms with van der Waals surface area (Å²) in [5.74, 6) is -1.42. The molecule has 0 radical (unpaired) electrons. The number of aliphatic carboxylic acids is 1. The fraction of sp³-hybridized carbons (Fsp3) is 0.750. The van der Waals surface area contributed by atoms with E-state index in [2.05, 4.69) is 17.9 Å². The molecule has 0 aliphatic heterocycles. The average molecular weight is 205 g/mol. The standard InChI is InChI=1S/C8H15NO3S/c1-4-8(3,13)6(7(11)12)9-5(2)10/h6,13H,4H2,1-3H3,(H,9,10)(H,11,12)/t6-,8?/m1/s1. The van der Waals surface area contributed by atoms with Crippen molar-refractivity contribution in [1.82, 2.24) is 5.32 Å². The van der Waals surface area contributed by atoms with Crippen LogP contribution < -0.4 is 5.32 Å². The van der Waals surface area contributed by atoms with E-state index in [0.717, 1.165) is 0 Å². The Morgan fingerprint density at radius 2 is 2.08 bits per heavy atom. The lowest BCUT2D eigenvalue weighted by atomic mass is 9.98. The number of hydrogen-bond donors (Lipinski definition) is 3. The molecule has 76 valence electrons. The van der Waals surface area contributed by atoms with Gasteiger partial charge in [-0.1, -0.05) is 6.92 Å². The molecule has 1 unspecified atom stereocenters. The third-order valence-corrected chi connectivity index (χ3v) is 2.51. The smallest absolute Gasteiger partial charge is 0.327 e. The quantitative estimate of drug-likeness (QED) is 0.591. The highest BCUT2D eigenvalue weighted by Crippen LogP contribution is 2.22. The number of carbonyl (C=O) groups is 2. The van der Waals surface area contributed by atoms with E-state index in [1.165, 1.54) is 6.92 Å². The summed E-state index contributed by atoms with van der Waals surface area (Å²) < 4.78 is -0.725. The Hall–Kier alpha value is -0.710. The van der Waals surface area contributed by atoms with Gasteiger partial charge in [-0.2, -0.15) is 12.6 Å². The number of amides is 1. The van der Waals surface area contributed by atoms with Gasteiger partial charge in [-0.25, -0.2) is 4.79 Å². The molecule has 0 rings (SSSR count). The van der Waals surface area contributed by atoms with Crippen LogP contribution in [0.4, 0.5) is 0 Å². The molecule has 0 saturated carbocycles. The summed E-state index contributed by atoms with van der Waals surface area (Å²) in [6.07, 6.45) is 0.563. The first-order valence-electron chi connectivity index (χ1n) is 4.03. The van der Waals surface area contributed by atoms with Gasteiger partial charge in [-0.05, 0) is 13.3 Å². The van der Waals surface area contributed by atoms with Crippen LogP contribution in [0.2, 0.25) is 0 Å². The van der Waals surface area contributed by atoms with Crippen LogP contribution in [0.25, 0.3) is 0 Å². The Morgan fingerprint density at radius 1 is 1.62 bits per heavy atom. The van der Waals surface area contributed by atoms with E-state index in [1.807, 2.05) is 6.92 Å². The number of carboxylic acid groups (broad SMARTS) is 1. The Bertz CT molecular complexity index is 215. The number of thiol groups is 1. The van der Waals surface area contributed by atoms with E-state index >= 15 is 0 Å². The minimum absolute atomic E-state index is 0.360. The Balaban J connectivity index is 4.60. The van der Waals surface area contributed by atoms with Crippen molar-refractivity contribution in [3.63, 3.8) is 0 Å². The molecule has 0 aromatic rings. The molecule has 0 aromatic heterocycles. The number of carbonyl (C=O) groups excluding carboxylic acids is 1. The molecule has 0 aliphatic carbocycles. The van der Waals surface area contributed by atoms with E-state index in [-0.39, 0.29) is 5.91 Å². The van der Waals surface area contributed by atoms with E-state index < -0.39 is 16.8 Å². The molecular formula is C8H15NO3S. The number of nitrogens with one attached hydrogen (secondary N) is 1. The zero-order valence-corrected chi connectivity index (χ0v) is 8.89. The van der Waals surface area contributed by atoms with Crippen LogP contribution >= 0.6 is 12.6 Å². The fourth-order valence-electron chi connectivity index (χ4n) is 0.891. The van der Waals surface area contributed by atoms with Crippen molar-refractivity contribution in [3.8, 4) is 0 Å². The molecule has 0 spiro atoms. The maximum atomic E-state index is 10.8. The molecule has 2 N–H and O–H groups in total. The lowest BCUT2D eigenvalue weighted by molar-refractivity contribution is -0.142. The fourth-order valence-corrected chi connectivity index (χ4v) is 1.07. The van der Waals surface area contributed by atoms with Crippen LogP contribution in [-0.2, 0) is 9.59 Å². The molecule has 0 aliphatic rings. The van der Waals surface area contributed by atoms with Crippen LogP contribution in [0.5, 0.6) is 0 Å². The second kappa shape index (κ2) is 4.50. The average Bonchev–Trinajstić information content (AvgIpc) is 1.99. The summed E-state index contributed by atoms with van der Waals surface area (Å²) in [5.41, 5.74) is 0. The highest BCUT2D eigenvalue weighted by molar-refractivity contribution is 7.81. The summed E-state index contributed by atoms with van der Waals surface area (Å²) in [6, 6.07) is -0.946. The molecular weight excluding hydrogens is 190 g/mol. The minimum Gasteiger partial charge on any atom is -0.480 e. The van der Waals surface area contributed by atoms with E-state index in [1.54, 1.807) is 6.92 Å². The molecule has 0 heterocycles. The maximum absolute atomic E-state index is 10.8. The van der Waals surface area contributed by atoms with E-state index in [0.29, 0.717) is 6.42 Å². The molecule has 13 heavy (non-hydrogen) atoms. The summed E-state index contributed by atoms with van der Waals surface area (Å²) >= 11 is 4.20. The lowest BCUT2D eigenvalue weighted by Gasteiger charge is -2.29. The third kappa shape index (κ3) is 3.67. The van der Waals surface area contributed by atoms with Crippen molar-refractivity contribution < 1.29 is 14.7 Å². The van der Waals surface area contributed by atoms with Crippen molar-refractivity contribution in [2.75, 3.05) is 0 Å². The normalized spacial score (nSPS) is 17.2. The van der Waals surface area contributed by atoms with Gasteiger partial charge in [-0.15, -0.1) is 0 Å². The van der Waals surface area contributed by atoms with Gasteiger partial charge in [0, 0.05) is 11.7 Å². The van der Waals surface area contributed by atoms with Crippen LogP contribution in [0.1, 0.15) is 27.2 Å². The predicted octanol–water partition coefficient (Wildman–Crippen LogP) is 0.674. The van der Waals surface area contributed by atoms with Crippen LogP contribution in [0.15, 0.2) is 0 Å². The second-order valence-corrected chi connectivity index (χ2v) is 4.20. The van der Waals surface area contributed by atoms with Gasteiger partial charge in [0.05, 0.1) is 0 Å². The van der Waals surface area contributed by atoms with Crippen molar-refractivity contribution >= 4 is 24.5 Å². The summed E-state index contributed by atoms with van der Waals surface area (Å²) in [7, 11) is 0. The lowest BCUT2D eigenvalue weighted by Crippen LogP contribution is -2.52. The Morgan fingerprint density at radius 3 is 2.31 bits per heavy atom. The zero-order chi connectivity index (χ0) is 10.6. The van der Waals surface area contributed by atoms with Crippen molar-refractivity contribution in [3.05, 3.63) is 0 Å². The Labute approximate surface area is 83.1 Å². The highest BCUT2D eigenvalue weighted by atomic mass is 32.1. The largest absolute Gasteiger partial charge is 0.480 e. The topological polar surface area (TPSA) is 66.4 Å². The maximum Gasteiger partial charge on any atom is 0.327 e. The molecule has 0 saturated heterocycles. The molecule has 0 bridgehead atoms.